The number of nitrogens with two attached hydrogens (primary N) is 1. The maximum atomic E-state index is 6.35. The van der Waals surface area contributed by atoms with Crippen LogP contribution in [0.1, 0.15) is 67.9 Å². The Morgan fingerprint density at radius 2 is 1.68 bits per heavy atom. The van der Waals surface area contributed by atoms with Gasteiger partial charge >= 0.3 is 0 Å². The van der Waals surface area contributed by atoms with Crippen molar-refractivity contribution in [1.29, 1.82) is 0 Å². The van der Waals surface area contributed by atoms with Gasteiger partial charge in [-0.15, -0.1) is 0 Å². The van der Waals surface area contributed by atoms with E-state index in [2.05, 4.69) is 5.10 Å². The maximum Gasteiger partial charge on any atom is 0.0734 e. The van der Waals surface area contributed by atoms with Gasteiger partial charge in [0.15, 0.2) is 0 Å². The fourth-order valence-electron chi connectivity index (χ4n) is 6.23. The molecule has 5 aliphatic rings. The third-order valence-electron chi connectivity index (χ3n) is 6.50. The molecule has 4 saturated carbocycles. The fourth-order valence-corrected chi connectivity index (χ4v) is 6.23. The molecule has 0 spiro atoms. The van der Waals surface area contributed by atoms with Crippen molar-refractivity contribution in [2.45, 2.75) is 62.8 Å². The number of nitrogens with zero attached hydrogens (tertiary/aromatic N) is 1. The summed E-state index contributed by atoms with van der Waals surface area (Å²) in [4.78, 5) is 0. The van der Waals surface area contributed by atoms with Crippen LogP contribution in [0.25, 0.3) is 0 Å². The number of fused-ring (bicyclic) bond motifs is 1. The molecule has 3 heteroatoms. The molecule has 1 aromatic heterocycles. The third-order valence-corrected chi connectivity index (χ3v) is 6.50. The molecule has 19 heavy (non-hydrogen) atoms. The van der Waals surface area contributed by atoms with Crippen molar-refractivity contribution in [3.05, 3.63) is 17.0 Å². The molecule has 3 nitrogen and oxygen atoms in total. The Hall–Kier alpha value is -0.830. The van der Waals surface area contributed by atoms with Crippen molar-refractivity contribution in [2.75, 3.05) is 0 Å². The molecule has 1 heterocycles. The van der Waals surface area contributed by atoms with E-state index in [0.717, 1.165) is 30.6 Å². The summed E-state index contributed by atoms with van der Waals surface area (Å²) in [6.45, 7) is 0. The van der Waals surface area contributed by atoms with Crippen molar-refractivity contribution in [3.63, 3.8) is 0 Å². The predicted octanol–water partition coefficient (Wildman–Crippen LogP) is 2.82. The Kier molecular flexibility index (Phi) is 1.97. The van der Waals surface area contributed by atoms with Gasteiger partial charge in [0.1, 0.15) is 0 Å². The van der Waals surface area contributed by atoms with Crippen LogP contribution in [-0.4, -0.2) is 10.2 Å². The van der Waals surface area contributed by atoms with E-state index in [1.165, 1.54) is 55.5 Å². The van der Waals surface area contributed by atoms with Gasteiger partial charge < -0.3 is 5.73 Å². The average molecular weight is 257 g/mol. The minimum atomic E-state index is 0.247. The van der Waals surface area contributed by atoms with Gasteiger partial charge in [0.2, 0.25) is 0 Å². The van der Waals surface area contributed by atoms with Gasteiger partial charge in [0.25, 0.3) is 0 Å². The van der Waals surface area contributed by atoms with Crippen LogP contribution in [0.5, 0.6) is 0 Å². The van der Waals surface area contributed by atoms with Crippen LogP contribution in [0.15, 0.2) is 0 Å². The summed E-state index contributed by atoms with van der Waals surface area (Å²) in [5.41, 5.74) is 10.9. The highest BCUT2D eigenvalue weighted by Crippen LogP contribution is 2.61. The summed E-state index contributed by atoms with van der Waals surface area (Å²) in [6.07, 6.45) is 10.9. The number of aromatic nitrogens is 2. The van der Waals surface area contributed by atoms with E-state index in [9.17, 15) is 0 Å². The Balaban J connectivity index is 1.63. The number of hydrogen-bond acceptors (Lipinski definition) is 2. The molecule has 0 aromatic carbocycles. The van der Waals surface area contributed by atoms with Crippen molar-refractivity contribution in [2.24, 2.45) is 23.5 Å². The first-order chi connectivity index (χ1) is 9.23. The van der Waals surface area contributed by atoms with Crippen molar-refractivity contribution in [3.8, 4) is 0 Å². The molecule has 4 bridgehead atoms. The number of aryl methyl sites for hydroxylation is 1. The zero-order valence-electron chi connectivity index (χ0n) is 11.5. The lowest BCUT2D eigenvalue weighted by Gasteiger charge is -2.56. The van der Waals surface area contributed by atoms with E-state index in [-0.39, 0.29) is 6.04 Å². The summed E-state index contributed by atoms with van der Waals surface area (Å²) >= 11 is 0. The van der Waals surface area contributed by atoms with Crippen LogP contribution in [0, 0.1) is 17.8 Å². The minimum Gasteiger partial charge on any atom is -0.324 e. The summed E-state index contributed by atoms with van der Waals surface area (Å²) in [7, 11) is 0. The van der Waals surface area contributed by atoms with Gasteiger partial charge in [-0.1, -0.05) is 0 Å². The Morgan fingerprint density at radius 3 is 2.32 bits per heavy atom. The highest BCUT2D eigenvalue weighted by Gasteiger charge is 2.54. The second-order valence-electron chi connectivity index (χ2n) is 7.81. The van der Waals surface area contributed by atoms with Gasteiger partial charge in [-0.3, -0.25) is 5.10 Å². The first-order valence-corrected chi connectivity index (χ1v) is 8.07. The number of rotatable bonds is 1. The van der Waals surface area contributed by atoms with Crippen molar-refractivity contribution in [1.82, 2.24) is 10.2 Å². The second-order valence-corrected chi connectivity index (χ2v) is 7.81. The number of hydrogen-bond donors (Lipinski definition) is 2. The normalized spacial score (nSPS) is 46.8. The number of H-pyrrole nitrogens is 1. The zero-order valence-corrected chi connectivity index (χ0v) is 11.5. The fraction of sp³-hybridized carbons (Fsp3) is 0.812. The third kappa shape index (κ3) is 1.35. The zero-order chi connectivity index (χ0) is 12.6. The molecule has 1 aromatic rings. The van der Waals surface area contributed by atoms with E-state index in [1.807, 2.05) is 0 Å². The quantitative estimate of drug-likeness (QED) is 0.813. The Labute approximate surface area is 114 Å². The van der Waals surface area contributed by atoms with Gasteiger partial charge in [-0.05, 0) is 69.1 Å². The molecule has 4 fully saturated rings. The topological polar surface area (TPSA) is 54.7 Å². The molecule has 3 N–H and O–H groups in total. The summed E-state index contributed by atoms with van der Waals surface area (Å²) < 4.78 is 0. The Morgan fingerprint density at radius 1 is 1.05 bits per heavy atom. The van der Waals surface area contributed by atoms with E-state index >= 15 is 0 Å². The summed E-state index contributed by atoms with van der Waals surface area (Å²) in [5, 5.41) is 8.08. The number of aromatic amines is 1. The van der Waals surface area contributed by atoms with E-state index in [1.54, 1.807) is 0 Å². The van der Waals surface area contributed by atoms with Crippen LogP contribution in [0.2, 0.25) is 0 Å². The van der Waals surface area contributed by atoms with Crippen LogP contribution >= 0.6 is 0 Å². The molecule has 1 atom stereocenters. The molecular weight excluding hydrogens is 234 g/mol. The molecule has 0 radical (unpaired) electrons. The standard InChI is InChI=1S/C16H23N3/c17-12-1-2-13-14(12)15(19-18-13)16-6-9-3-10(7-16)5-11(4-9)8-16/h9-12H,1-8,17H2,(H,18,19). The van der Waals surface area contributed by atoms with Gasteiger partial charge in [0.05, 0.1) is 5.69 Å². The molecule has 6 rings (SSSR count). The monoisotopic (exact) mass is 257 g/mol. The summed E-state index contributed by atoms with van der Waals surface area (Å²) in [6, 6.07) is 0.247. The molecule has 0 amide bonds. The van der Waals surface area contributed by atoms with Crippen LogP contribution in [0.3, 0.4) is 0 Å². The molecule has 1 unspecified atom stereocenters. The summed E-state index contributed by atoms with van der Waals surface area (Å²) in [5.74, 6) is 2.95. The van der Waals surface area contributed by atoms with E-state index < -0.39 is 0 Å². The van der Waals surface area contributed by atoms with E-state index in [4.69, 9.17) is 10.8 Å². The van der Waals surface area contributed by atoms with Crippen LogP contribution in [0.4, 0.5) is 0 Å². The minimum absolute atomic E-state index is 0.247. The highest BCUT2D eigenvalue weighted by atomic mass is 15.1. The lowest BCUT2D eigenvalue weighted by Crippen LogP contribution is -2.49. The average Bonchev–Trinajstić information content (AvgIpc) is 2.91. The smallest absolute Gasteiger partial charge is 0.0734 e. The van der Waals surface area contributed by atoms with Crippen molar-refractivity contribution >= 4 is 0 Å². The highest BCUT2D eigenvalue weighted by molar-refractivity contribution is 5.39. The molecule has 0 aliphatic heterocycles. The predicted molar refractivity (Wildman–Crippen MR) is 73.7 cm³/mol. The molecular formula is C16H23N3. The first-order valence-electron chi connectivity index (χ1n) is 8.07. The van der Waals surface area contributed by atoms with Crippen LogP contribution < -0.4 is 5.73 Å². The van der Waals surface area contributed by atoms with Crippen molar-refractivity contribution < 1.29 is 0 Å². The maximum absolute atomic E-state index is 6.35. The SMILES string of the molecule is NC1CCc2[nH]nc(C34CC5CC(CC(C5)C3)C4)c21. The van der Waals surface area contributed by atoms with E-state index in [0.29, 0.717) is 5.41 Å². The van der Waals surface area contributed by atoms with Gasteiger partial charge in [-0.25, -0.2) is 0 Å². The Bertz CT molecular complexity index is 495. The lowest BCUT2D eigenvalue weighted by atomic mass is 9.48. The van der Waals surface area contributed by atoms with Gasteiger partial charge in [0, 0.05) is 22.7 Å². The molecule has 102 valence electrons. The van der Waals surface area contributed by atoms with Gasteiger partial charge in [-0.2, -0.15) is 5.10 Å². The lowest BCUT2D eigenvalue weighted by molar-refractivity contribution is -0.00772. The second kappa shape index (κ2) is 3.43. The largest absolute Gasteiger partial charge is 0.324 e. The molecule has 5 aliphatic carbocycles. The first kappa shape index (κ1) is 10.9. The number of nitrogens with one attached hydrogen (secondary N) is 1. The molecule has 0 saturated heterocycles. The van der Waals surface area contributed by atoms with Crippen LogP contribution in [-0.2, 0) is 11.8 Å².